The number of anilines is 1. The first-order valence-electron chi connectivity index (χ1n) is 5.63. The molecule has 0 unspecified atom stereocenters. The molecule has 1 aromatic carbocycles. The van der Waals surface area contributed by atoms with Gasteiger partial charge in [-0.2, -0.15) is 0 Å². The smallest absolute Gasteiger partial charge is 0.303 e. The molecule has 104 valence electrons. The van der Waals surface area contributed by atoms with E-state index in [2.05, 4.69) is 4.72 Å². The molecular formula is C12H15NO5S. The van der Waals surface area contributed by atoms with Gasteiger partial charge < -0.3 is 5.11 Å². The normalized spacial score (nSPS) is 11.0. The molecule has 0 atom stereocenters. The van der Waals surface area contributed by atoms with Gasteiger partial charge in [0.25, 0.3) is 0 Å². The maximum Gasteiger partial charge on any atom is 0.303 e. The van der Waals surface area contributed by atoms with E-state index >= 15 is 0 Å². The summed E-state index contributed by atoms with van der Waals surface area (Å²) < 4.78 is 25.7. The Hall–Kier alpha value is -1.89. The van der Waals surface area contributed by atoms with Crippen LogP contribution in [0.5, 0.6) is 0 Å². The molecule has 7 heteroatoms. The van der Waals surface area contributed by atoms with Crippen LogP contribution in [-0.2, 0) is 14.8 Å². The number of hydrogen-bond acceptors (Lipinski definition) is 4. The van der Waals surface area contributed by atoms with Crippen LogP contribution < -0.4 is 4.72 Å². The summed E-state index contributed by atoms with van der Waals surface area (Å²) in [5, 5.41) is 8.44. The second kappa shape index (κ2) is 6.33. The van der Waals surface area contributed by atoms with E-state index in [4.69, 9.17) is 5.11 Å². The first-order valence-corrected chi connectivity index (χ1v) is 7.29. The Labute approximate surface area is 111 Å². The summed E-state index contributed by atoms with van der Waals surface area (Å²) in [4.78, 5) is 21.5. The van der Waals surface area contributed by atoms with Crippen LogP contribution >= 0.6 is 0 Å². The largest absolute Gasteiger partial charge is 0.481 e. The summed E-state index contributed by atoms with van der Waals surface area (Å²) in [5.74, 6) is -1.47. The molecular weight excluding hydrogens is 270 g/mol. The van der Waals surface area contributed by atoms with Crippen LogP contribution in [0.15, 0.2) is 24.3 Å². The van der Waals surface area contributed by atoms with E-state index in [-0.39, 0.29) is 24.4 Å². The number of ketones is 1. The molecule has 0 heterocycles. The van der Waals surface area contributed by atoms with Crippen LogP contribution in [-0.4, -0.2) is 31.0 Å². The quantitative estimate of drug-likeness (QED) is 0.739. The maximum atomic E-state index is 11.7. The van der Waals surface area contributed by atoms with Gasteiger partial charge in [-0.25, -0.2) is 8.42 Å². The zero-order valence-electron chi connectivity index (χ0n) is 10.4. The number of Topliss-reactive ketones (excluding diaryl/α,β-unsaturated/α-hetero) is 1. The van der Waals surface area contributed by atoms with Crippen LogP contribution in [0.25, 0.3) is 0 Å². The number of carbonyl (C=O) groups excluding carboxylic acids is 1. The number of nitrogens with one attached hydrogen (secondary N) is 1. The highest BCUT2D eigenvalue weighted by Gasteiger charge is 2.12. The van der Waals surface area contributed by atoms with Crippen molar-refractivity contribution in [3.8, 4) is 0 Å². The lowest BCUT2D eigenvalue weighted by Gasteiger charge is -2.08. The summed E-state index contributed by atoms with van der Waals surface area (Å²) in [6.07, 6.45) is -0.161. The average molecular weight is 285 g/mol. The number of carboxylic acids is 1. The number of carbonyl (C=O) groups is 2. The Morgan fingerprint density at radius 2 is 2.00 bits per heavy atom. The van der Waals surface area contributed by atoms with Crippen molar-refractivity contribution < 1.29 is 23.1 Å². The molecule has 0 spiro atoms. The summed E-state index contributed by atoms with van der Waals surface area (Å²) >= 11 is 0. The predicted octanol–water partition coefficient (Wildman–Crippen LogP) is 1.50. The number of rotatable bonds is 7. The Morgan fingerprint density at radius 3 is 2.58 bits per heavy atom. The van der Waals surface area contributed by atoms with E-state index in [0.29, 0.717) is 11.3 Å². The van der Waals surface area contributed by atoms with Gasteiger partial charge in [0, 0.05) is 17.7 Å². The van der Waals surface area contributed by atoms with Gasteiger partial charge in [0.05, 0.1) is 5.75 Å². The van der Waals surface area contributed by atoms with E-state index in [1.54, 1.807) is 12.1 Å². The zero-order chi connectivity index (χ0) is 14.5. The van der Waals surface area contributed by atoms with Gasteiger partial charge in [0.15, 0.2) is 5.78 Å². The first-order chi connectivity index (χ1) is 8.80. The summed E-state index contributed by atoms with van der Waals surface area (Å²) in [7, 11) is -3.60. The van der Waals surface area contributed by atoms with Gasteiger partial charge in [-0.15, -0.1) is 0 Å². The van der Waals surface area contributed by atoms with Crippen LogP contribution in [0.4, 0.5) is 5.69 Å². The molecule has 0 radical (unpaired) electrons. The monoisotopic (exact) mass is 285 g/mol. The molecule has 0 aliphatic rings. The van der Waals surface area contributed by atoms with Gasteiger partial charge in [0.1, 0.15) is 0 Å². The van der Waals surface area contributed by atoms with Gasteiger partial charge >= 0.3 is 5.97 Å². The minimum Gasteiger partial charge on any atom is -0.481 e. The Kier molecular flexibility index (Phi) is 5.05. The Balaban J connectivity index is 2.70. The third kappa shape index (κ3) is 5.52. The van der Waals surface area contributed by atoms with Gasteiger partial charge in [0.2, 0.25) is 10.0 Å². The van der Waals surface area contributed by atoms with E-state index in [0.717, 1.165) is 0 Å². The lowest BCUT2D eigenvalue weighted by atomic mass is 10.1. The second-order valence-corrected chi connectivity index (χ2v) is 5.90. The fraction of sp³-hybridized carbons (Fsp3) is 0.333. The highest BCUT2D eigenvalue weighted by atomic mass is 32.2. The SMILES string of the molecule is CC(=O)c1cccc(NS(=O)(=O)CCCC(=O)O)c1. The number of sulfonamides is 1. The molecule has 1 rings (SSSR count). The molecule has 6 nitrogen and oxygen atoms in total. The molecule has 0 amide bonds. The maximum absolute atomic E-state index is 11.7. The Morgan fingerprint density at radius 1 is 1.32 bits per heavy atom. The molecule has 0 bridgehead atoms. The summed E-state index contributed by atoms with van der Waals surface area (Å²) in [6, 6.07) is 6.13. The van der Waals surface area contributed by atoms with Crippen molar-refractivity contribution in [3.05, 3.63) is 29.8 Å². The molecule has 0 saturated heterocycles. The summed E-state index contributed by atoms with van der Waals surface area (Å²) in [5.41, 5.74) is 0.703. The van der Waals surface area contributed by atoms with Crippen molar-refractivity contribution >= 4 is 27.5 Å². The standard InChI is InChI=1S/C12H15NO5S/c1-9(14)10-4-2-5-11(8-10)13-19(17,18)7-3-6-12(15)16/h2,4-5,8,13H,3,6-7H2,1H3,(H,15,16). The first kappa shape index (κ1) is 15.2. The molecule has 19 heavy (non-hydrogen) atoms. The van der Waals surface area contributed by atoms with E-state index in [9.17, 15) is 18.0 Å². The molecule has 0 aliphatic heterocycles. The van der Waals surface area contributed by atoms with Crippen molar-refractivity contribution in [2.75, 3.05) is 10.5 Å². The van der Waals surface area contributed by atoms with Crippen LogP contribution in [0, 0.1) is 0 Å². The lowest BCUT2D eigenvalue weighted by molar-refractivity contribution is -0.137. The number of benzene rings is 1. The summed E-state index contributed by atoms with van der Waals surface area (Å²) in [6.45, 7) is 1.39. The molecule has 1 aromatic rings. The molecule has 0 saturated carbocycles. The van der Waals surface area contributed by atoms with Crippen LogP contribution in [0.1, 0.15) is 30.1 Å². The highest BCUT2D eigenvalue weighted by molar-refractivity contribution is 7.92. The van der Waals surface area contributed by atoms with Crippen molar-refractivity contribution in [3.63, 3.8) is 0 Å². The van der Waals surface area contributed by atoms with Crippen molar-refractivity contribution in [1.29, 1.82) is 0 Å². The third-order valence-electron chi connectivity index (χ3n) is 2.35. The van der Waals surface area contributed by atoms with Crippen molar-refractivity contribution in [2.24, 2.45) is 0 Å². The number of aliphatic carboxylic acids is 1. The van der Waals surface area contributed by atoms with E-state index < -0.39 is 16.0 Å². The van der Waals surface area contributed by atoms with E-state index in [1.807, 2.05) is 0 Å². The fourth-order valence-electron chi connectivity index (χ4n) is 1.45. The molecule has 0 aromatic heterocycles. The minimum absolute atomic E-state index is 0.0388. The molecule has 0 fully saturated rings. The third-order valence-corrected chi connectivity index (χ3v) is 3.72. The fourth-order valence-corrected chi connectivity index (χ4v) is 2.56. The van der Waals surface area contributed by atoms with Crippen molar-refractivity contribution in [2.45, 2.75) is 19.8 Å². The topological polar surface area (TPSA) is 101 Å². The van der Waals surface area contributed by atoms with Crippen LogP contribution in [0.2, 0.25) is 0 Å². The Bertz CT molecular complexity index is 580. The minimum atomic E-state index is -3.60. The lowest BCUT2D eigenvalue weighted by Crippen LogP contribution is -2.17. The van der Waals surface area contributed by atoms with Crippen molar-refractivity contribution in [1.82, 2.24) is 0 Å². The second-order valence-electron chi connectivity index (χ2n) is 4.06. The molecule has 0 aliphatic carbocycles. The highest BCUT2D eigenvalue weighted by Crippen LogP contribution is 2.13. The number of hydrogen-bond donors (Lipinski definition) is 2. The molecule has 2 N–H and O–H groups in total. The van der Waals surface area contributed by atoms with Gasteiger partial charge in [-0.1, -0.05) is 12.1 Å². The number of carboxylic acid groups (broad SMARTS) is 1. The average Bonchev–Trinajstić information content (AvgIpc) is 2.27. The van der Waals surface area contributed by atoms with E-state index in [1.165, 1.54) is 19.1 Å². The zero-order valence-corrected chi connectivity index (χ0v) is 11.2. The van der Waals surface area contributed by atoms with Gasteiger partial charge in [-0.3, -0.25) is 14.3 Å². The van der Waals surface area contributed by atoms with Crippen LogP contribution in [0.3, 0.4) is 0 Å². The van der Waals surface area contributed by atoms with Gasteiger partial charge in [-0.05, 0) is 25.5 Å². The predicted molar refractivity (Wildman–Crippen MR) is 70.7 cm³/mol.